The van der Waals surface area contributed by atoms with Crippen LogP contribution < -0.4 is 16.0 Å². The van der Waals surface area contributed by atoms with Crippen LogP contribution in [0.25, 0.3) is 0 Å². The normalized spacial score (nSPS) is 23.5. The Hall–Kier alpha value is -2.16. The van der Waals surface area contributed by atoms with E-state index in [1.54, 1.807) is 0 Å². The molecule has 0 saturated heterocycles. The van der Waals surface area contributed by atoms with Crippen molar-refractivity contribution in [3.05, 3.63) is 64.8 Å². The zero-order valence-corrected chi connectivity index (χ0v) is 9.17. The van der Waals surface area contributed by atoms with Gasteiger partial charge < -0.3 is 5.32 Å². The largest absolute Gasteiger partial charge is 0.361 e. The van der Waals surface area contributed by atoms with Gasteiger partial charge in [-0.3, -0.25) is 9.98 Å². The molecule has 2 atom stereocenters. The second-order valence-corrected chi connectivity index (χ2v) is 4.37. The lowest BCUT2D eigenvalue weighted by atomic mass is 10.1. The van der Waals surface area contributed by atoms with Gasteiger partial charge in [0.1, 0.15) is 12.2 Å². The third kappa shape index (κ3) is 1.22. The lowest BCUT2D eigenvalue weighted by Crippen LogP contribution is -2.35. The van der Waals surface area contributed by atoms with Crippen LogP contribution in [0.2, 0.25) is 0 Å². The second-order valence-electron chi connectivity index (χ2n) is 4.37. The Morgan fingerprint density at radius 2 is 1.53 bits per heavy atom. The first-order chi connectivity index (χ1) is 8.42. The van der Waals surface area contributed by atoms with Crippen molar-refractivity contribution in [1.82, 2.24) is 0 Å². The highest BCUT2D eigenvalue weighted by Gasteiger charge is 2.32. The number of hydrogen-bond acceptors (Lipinski definition) is 3. The molecule has 3 nitrogen and oxygen atoms in total. The van der Waals surface area contributed by atoms with Crippen LogP contribution in [0.1, 0.15) is 11.6 Å². The van der Waals surface area contributed by atoms with Crippen molar-refractivity contribution >= 4 is 5.69 Å². The van der Waals surface area contributed by atoms with Crippen molar-refractivity contribution in [2.75, 3.05) is 5.32 Å². The average Bonchev–Trinajstić information content (AvgIpc) is 2.73. The molecule has 0 bridgehead atoms. The molecule has 0 amide bonds. The van der Waals surface area contributed by atoms with Gasteiger partial charge in [0.2, 0.25) is 0 Å². The summed E-state index contributed by atoms with van der Waals surface area (Å²) >= 11 is 0. The minimum atomic E-state index is 0.0577. The highest BCUT2D eigenvalue weighted by molar-refractivity contribution is 5.59. The molecule has 0 fully saturated rings. The molecule has 4 rings (SSSR count). The Morgan fingerprint density at radius 3 is 2.41 bits per heavy atom. The molecule has 82 valence electrons. The Bertz CT molecular complexity index is 705. The first kappa shape index (κ1) is 8.93. The number of anilines is 1. The van der Waals surface area contributed by atoms with Crippen LogP contribution in [0.15, 0.2) is 58.5 Å². The Balaban J connectivity index is 1.97. The molecular formula is C14H11N3. The van der Waals surface area contributed by atoms with Gasteiger partial charge in [-0.1, -0.05) is 30.3 Å². The van der Waals surface area contributed by atoms with E-state index in [9.17, 15) is 0 Å². The summed E-state index contributed by atoms with van der Waals surface area (Å²) in [5.41, 5.74) is 2.40. The van der Waals surface area contributed by atoms with Crippen LogP contribution in [-0.2, 0) is 0 Å². The van der Waals surface area contributed by atoms with Gasteiger partial charge in [-0.25, -0.2) is 0 Å². The number of benzene rings is 2. The highest BCUT2D eigenvalue weighted by Crippen LogP contribution is 2.37. The molecule has 3 heteroatoms. The fourth-order valence-electron chi connectivity index (χ4n) is 2.52. The fourth-order valence-corrected chi connectivity index (χ4v) is 2.52. The monoisotopic (exact) mass is 221 g/mol. The van der Waals surface area contributed by atoms with E-state index in [0.29, 0.717) is 0 Å². The number of fused-ring (bicyclic) bond motifs is 4. The molecule has 2 heterocycles. The predicted octanol–water partition coefficient (Wildman–Crippen LogP) is 1.43. The number of rotatable bonds is 0. The number of nitrogens with one attached hydrogen (secondary N) is 1. The lowest BCUT2D eigenvalue weighted by molar-refractivity contribution is 0.590. The predicted molar refractivity (Wildman–Crippen MR) is 65.3 cm³/mol. The van der Waals surface area contributed by atoms with Gasteiger partial charge in [0.25, 0.3) is 0 Å². The first-order valence-electron chi connectivity index (χ1n) is 5.78. The summed E-state index contributed by atoms with van der Waals surface area (Å²) in [4.78, 5) is 9.51. The van der Waals surface area contributed by atoms with Gasteiger partial charge in [0.15, 0.2) is 0 Å². The van der Waals surface area contributed by atoms with E-state index in [1.807, 2.05) is 30.3 Å². The van der Waals surface area contributed by atoms with E-state index in [0.717, 1.165) is 16.4 Å². The van der Waals surface area contributed by atoms with Crippen LogP contribution in [0.5, 0.6) is 0 Å². The highest BCUT2D eigenvalue weighted by atomic mass is 15.2. The van der Waals surface area contributed by atoms with Gasteiger partial charge in [0.05, 0.1) is 10.7 Å². The minimum absolute atomic E-state index is 0.0577. The second kappa shape index (κ2) is 3.17. The summed E-state index contributed by atoms with van der Waals surface area (Å²) in [7, 11) is 0. The van der Waals surface area contributed by atoms with Crippen LogP contribution in [-0.4, -0.2) is 6.17 Å². The van der Waals surface area contributed by atoms with Crippen molar-refractivity contribution in [2.24, 2.45) is 9.98 Å². The summed E-state index contributed by atoms with van der Waals surface area (Å²) in [6.45, 7) is 0. The first-order valence-corrected chi connectivity index (χ1v) is 5.78. The lowest BCUT2D eigenvalue weighted by Gasteiger charge is -2.15. The summed E-state index contributed by atoms with van der Waals surface area (Å²) in [6, 6.07) is 16.5. The standard InChI is InChI=1S/C14H11N3/c1-2-6-10-9(5-1)13-14(16-10)17-12-8-4-3-7-11(12)15-13/h1-8,13-14,16H. The molecule has 2 aromatic carbocycles. The van der Waals surface area contributed by atoms with Crippen molar-refractivity contribution in [3.8, 4) is 0 Å². The maximum Gasteiger partial charge on any atom is 0.146 e. The fraction of sp³-hybridized carbons (Fsp3) is 0.143. The molecule has 0 radical (unpaired) electrons. The number of para-hydroxylation sites is 3. The Labute approximate surface area is 98.5 Å². The van der Waals surface area contributed by atoms with E-state index in [4.69, 9.17) is 9.98 Å². The third-order valence-corrected chi connectivity index (χ3v) is 3.32. The summed E-state index contributed by atoms with van der Waals surface area (Å²) < 4.78 is 0. The van der Waals surface area contributed by atoms with E-state index in [1.165, 1.54) is 5.56 Å². The molecule has 2 aliphatic rings. The zero-order chi connectivity index (χ0) is 11.2. The molecule has 17 heavy (non-hydrogen) atoms. The van der Waals surface area contributed by atoms with Crippen LogP contribution in [0.4, 0.5) is 5.69 Å². The van der Waals surface area contributed by atoms with Gasteiger partial charge in [-0.15, -0.1) is 0 Å². The van der Waals surface area contributed by atoms with E-state index in [-0.39, 0.29) is 12.2 Å². The zero-order valence-electron chi connectivity index (χ0n) is 9.17. The van der Waals surface area contributed by atoms with Gasteiger partial charge in [0, 0.05) is 11.3 Å². The average molecular weight is 221 g/mol. The summed E-state index contributed by atoms with van der Waals surface area (Å²) in [5.74, 6) is 0. The van der Waals surface area contributed by atoms with Gasteiger partial charge >= 0.3 is 0 Å². The summed E-state index contributed by atoms with van der Waals surface area (Å²) in [5, 5.41) is 5.39. The van der Waals surface area contributed by atoms with E-state index >= 15 is 0 Å². The third-order valence-electron chi connectivity index (χ3n) is 3.32. The molecule has 0 aromatic heterocycles. The topological polar surface area (TPSA) is 36.8 Å². The van der Waals surface area contributed by atoms with Crippen molar-refractivity contribution in [2.45, 2.75) is 12.2 Å². The molecule has 1 N–H and O–H groups in total. The number of nitrogens with zero attached hydrogens (tertiary/aromatic N) is 2. The SMILES string of the molecule is c1ccc2c(c1)NC1N=c3ccccc3=NC21. The van der Waals surface area contributed by atoms with Crippen LogP contribution in [0, 0.1) is 0 Å². The quantitative estimate of drug-likeness (QED) is 0.718. The molecule has 2 aromatic rings. The molecule has 0 aliphatic carbocycles. The maximum absolute atomic E-state index is 4.79. The molecule has 0 spiro atoms. The maximum atomic E-state index is 4.79. The van der Waals surface area contributed by atoms with Gasteiger partial charge in [-0.2, -0.15) is 0 Å². The molecule has 2 aliphatic heterocycles. The number of hydrogen-bond donors (Lipinski definition) is 1. The Kier molecular flexibility index (Phi) is 1.66. The van der Waals surface area contributed by atoms with Crippen molar-refractivity contribution in [1.29, 1.82) is 0 Å². The van der Waals surface area contributed by atoms with Crippen LogP contribution in [0.3, 0.4) is 0 Å². The van der Waals surface area contributed by atoms with E-state index in [2.05, 4.69) is 23.5 Å². The van der Waals surface area contributed by atoms with Crippen LogP contribution >= 0.6 is 0 Å². The Morgan fingerprint density at radius 1 is 0.824 bits per heavy atom. The molecule has 2 unspecified atom stereocenters. The molecular weight excluding hydrogens is 210 g/mol. The molecule has 0 saturated carbocycles. The van der Waals surface area contributed by atoms with Crippen molar-refractivity contribution < 1.29 is 0 Å². The smallest absolute Gasteiger partial charge is 0.146 e. The minimum Gasteiger partial charge on any atom is -0.361 e. The van der Waals surface area contributed by atoms with Crippen molar-refractivity contribution in [3.63, 3.8) is 0 Å². The van der Waals surface area contributed by atoms with E-state index < -0.39 is 0 Å². The van der Waals surface area contributed by atoms with Gasteiger partial charge in [-0.05, 0) is 18.2 Å². The summed E-state index contributed by atoms with van der Waals surface area (Å²) in [6.07, 6.45) is 0.0577.